The molecule has 1 N–H and O–H groups in total. The fourth-order valence-corrected chi connectivity index (χ4v) is 4.05. The lowest BCUT2D eigenvalue weighted by Gasteiger charge is -2.37. The Balaban J connectivity index is 1.49. The van der Waals surface area contributed by atoms with Gasteiger partial charge < -0.3 is 15.1 Å². The predicted octanol–water partition coefficient (Wildman–Crippen LogP) is 2.67. The van der Waals surface area contributed by atoms with E-state index >= 15 is 0 Å². The molecule has 2 unspecified atom stereocenters. The van der Waals surface area contributed by atoms with E-state index < -0.39 is 0 Å². The zero-order chi connectivity index (χ0) is 16.9. The first-order valence-corrected chi connectivity index (χ1v) is 9.44. The number of para-hydroxylation sites is 1. The number of piperidine rings is 1. The molecule has 2 saturated heterocycles. The second kappa shape index (κ2) is 8.02. The van der Waals surface area contributed by atoms with Crippen molar-refractivity contribution in [2.75, 3.05) is 44.2 Å². The molecular weight excluding hydrogens is 298 g/mol. The van der Waals surface area contributed by atoms with Crippen LogP contribution in [0.2, 0.25) is 0 Å². The number of anilines is 1. The Labute approximate surface area is 146 Å². The van der Waals surface area contributed by atoms with Gasteiger partial charge in [0, 0.05) is 38.3 Å². The number of aryl methyl sites for hydroxylation is 1. The molecule has 0 saturated carbocycles. The molecule has 0 bridgehead atoms. The quantitative estimate of drug-likeness (QED) is 0.922. The first kappa shape index (κ1) is 17.3. The summed E-state index contributed by atoms with van der Waals surface area (Å²) in [5, 5.41) is 3.47. The van der Waals surface area contributed by atoms with Gasteiger partial charge in [-0.15, -0.1) is 0 Å². The Bertz CT molecular complexity index is 546. The van der Waals surface area contributed by atoms with Crippen LogP contribution < -0.4 is 10.2 Å². The van der Waals surface area contributed by atoms with Crippen molar-refractivity contribution in [2.24, 2.45) is 11.8 Å². The van der Waals surface area contributed by atoms with E-state index in [0.717, 1.165) is 39.3 Å². The van der Waals surface area contributed by atoms with Gasteiger partial charge >= 0.3 is 0 Å². The number of carbonyl (C=O) groups excluding carboxylic acids is 1. The minimum Gasteiger partial charge on any atom is -0.368 e. The van der Waals surface area contributed by atoms with E-state index in [2.05, 4.69) is 53.2 Å². The summed E-state index contributed by atoms with van der Waals surface area (Å²) >= 11 is 0. The van der Waals surface area contributed by atoms with Crippen molar-refractivity contribution in [3.63, 3.8) is 0 Å². The van der Waals surface area contributed by atoms with E-state index in [4.69, 9.17) is 0 Å². The highest BCUT2D eigenvalue weighted by molar-refractivity contribution is 5.76. The SMILES string of the molecule is Cc1ccccc1N1CCN(C(=O)CC(C)C2CCCNC2)CC1. The molecule has 2 aliphatic rings. The largest absolute Gasteiger partial charge is 0.368 e. The molecule has 2 fully saturated rings. The number of hydrogen-bond donors (Lipinski definition) is 1. The molecule has 2 aliphatic heterocycles. The fourth-order valence-electron chi connectivity index (χ4n) is 4.05. The lowest BCUT2D eigenvalue weighted by molar-refractivity contribution is -0.132. The third-order valence-corrected chi connectivity index (χ3v) is 5.72. The number of nitrogens with zero attached hydrogens (tertiary/aromatic N) is 2. The molecule has 0 radical (unpaired) electrons. The van der Waals surface area contributed by atoms with Crippen LogP contribution in [0.4, 0.5) is 5.69 Å². The lowest BCUT2D eigenvalue weighted by Crippen LogP contribution is -2.49. The van der Waals surface area contributed by atoms with Crippen LogP contribution in [0.25, 0.3) is 0 Å². The predicted molar refractivity (Wildman–Crippen MR) is 99.3 cm³/mol. The van der Waals surface area contributed by atoms with Gasteiger partial charge in [0.1, 0.15) is 0 Å². The van der Waals surface area contributed by atoms with Crippen molar-refractivity contribution in [3.8, 4) is 0 Å². The smallest absolute Gasteiger partial charge is 0.222 e. The highest BCUT2D eigenvalue weighted by Crippen LogP contribution is 2.24. The molecule has 2 heterocycles. The third kappa shape index (κ3) is 4.10. The summed E-state index contributed by atoms with van der Waals surface area (Å²) in [6, 6.07) is 8.53. The van der Waals surface area contributed by atoms with Crippen LogP contribution in [-0.2, 0) is 4.79 Å². The van der Waals surface area contributed by atoms with Crippen molar-refractivity contribution in [3.05, 3.63) is 29.8 Å². The third-order valence-electron chi connectivity index (χ3n) is 5.72. The van der Waals surface area contributed by atoms with Crippen LogP contribution in [0.3, 0.4) is 0 Å². The van der Waals surface area contributed by atoms with E-state index in [-0.39, 0.29) is 0 Å². The average molecular weight is 329 g/mol. The monoisotopic (exact) mass is 329 g/mol. The second-order valence-corrected chi connectivity index (χ2v) is 7.44. The molecule has 1 aromatic rings. The molecule has 2 atom stereocenters. The molecular formula is C20H31N3O. The molecule has 0 spiro atoms. The van der Waals surface area contributed by atoms with Gasteiger partial charge in [-0.05, 0) is 56.3 Å². The zero-order valence-corrected chi connectivity index (χ0v) is 15.1. The Morgan fingerprint density at radius 1 is 1.25 bits per heavy atom. The van der Waals surface area contributed by atoms with Gasteiger partial charge in [0.05, 0.1) is 0 Å². The van der Waals surface area contributed by atoms with Crippen LogP contribution in [0.15, 0.2) is 24.3 Å². The number of hydrogen-bond acceptors (Lipinski definition) is 3. The summed E-state index contributed by atoms with van der Waals surface area (Å²) in [5.74, 6) is 1.49. The van der Waals surface area contributed by atoms with Crippen LogP contribution in [0.5, 0.6) is 0 Å². The van der Waals surface area contributed by atoms with Gasteiger partial charge in [0.25, 0.3) is 0 Å². The maximum absolute atomic E-state index is 12.6. The lowest BCUT2D eigenvalue weighted by atomic mass is 9.85. The average Bonchev–Trinajstić information content (AvgIpc) is 2.63. The van der Waals surface area contributed by atoms with Crippen molar-refractivity contribution in [2.45, 2.75) is 33.1 Å². The molecule has 4 heteroatoms. The van der Waals surface area contributed by atoms with E-state index in [1.807, 2.05) is 0 Å². The van der Waals surface area contributed by atoms with Gasteiger partial charge in [-0.25, -0.2) is 0 Å². The number of carbonyl (C=O) groups is 1. The zero-order valence-electron chi connectivity index (χ0n) is 15.1. The van der Waals surface area contributed by atoms with Gasteiger partial charge in [-0.1, -0.05) is 25.1 Å². The standard InChI is InChI=1S/C20H31N3O/c1-16-6-3-4-8-19(16)22-10-12-23(13-11-22)20(24)14-17(2)18-7-5-9-21-15-18/h3-4,6,8,17-18,21H,5,7,9-15H2,1-2H3. The molecule has 3 rings (SSSR count). The Morgan fingerprint density at radius 2 is 2.00 bits per heavy atom. The van der Waals surface area contributed by atoms with Crippen LogP contribution >= 0.6 is 0 Å². The highest BCUT2D eigenvalue weighted by atomic mass is 16.2. The summed E-state index contributed by atoms with van der Waals surface area (Å²) in [6.45, 7) is 10.2. The second-order valence-electron chi connectivity index (χ2n) is 7.44. The topological polar surface area (TPSA) is 35.6 Å². The van der Waals surface area contributed by atoms with Crippen molar-refractivity contribution in [1.82, 2.24) is 10.2 Å². The maximum atomic E-state index is 12.6. The molecule has 1 amide bonds. The number of piperazine rings is 1. The van der Waals surface area contributed by atoms with E-state index in [0.29, 0.717) is 24.2 Å². The van der Waals surface area contributed by atoms with E-state index in [1.54, 1.807) is 0 Å². The molecule has 24 heavy (non-hydrogen) atoms. The number of benzene rings is 1. The fraction of sp³-hybridized carbons (Fsp3) is 0.650. The summed E-state index contributed by atoms with van der Waals surface area (Å²) < 4.78 is 0. The summed E-state index contributed by atoms with van der Waals surface area (Å²) in [6.07, 6.45) is 3.22. The Kier molecular flexibility index (Phi) is 5.77. The van der Waals surface area contributed by atoms with Crippen LogP contribution in [-0.4, -0.2) is 50.1 Å². The number of amides is 1. The van der Waals surface area contributed by atoms with Crippen molar-refractivity contribution < 1.29 is 4.79 Å². The van der Waals surface area contributed by atoms with Gasteiger partial charge in [-0.3, -0.25) is 4.79 Å². The Morgan fingerprint density at radius 3 is 2.67 bits per heavy atom. The molecule has 4 nitrogen and oxygen atoms in total. The van der Waals surface area contributed by atoms with Crippen LogP contribution in [0, 0.1) is 18.8 Å². The maximum Gasteiger partial charge on any atom is 0.222 e. The first-order valence-electron chi connectivity index (χ1n) is 9.44. The van der Waals surface area contributed by atoms with Gasteiger partial charge in [-0.2, -0.15) is 0 Å². The summed E-state index contributed by atoms with van der Waals surface area (Å²) in [4.78, 5) is 17.1. The van der Waals surface area contributed by atoms with Gasteiger partial charge in [0.15, 0.2) is 0 Å². The van der Waals surface area contributed by atoms with E-state index in [1.165, 1.54) is 24.1 Å². The normalized spacial score (nSPS) is 23.2. The molecule has 132 valence electrons. The van der Waals surface area contributed by atoms with Crippen molar-refractivity contribution in [1.29, 1.82) is 0 Å². The number of nitrogens with one attached hydrogen (secondary N) is 1. The highest BCUT2D eigenvalue weighted by Gasteiger charge is 2.26. The summed E-state index contributed by atoms with van der Waals surface area (Å²) in [5.41, 5.74) is 2.63. The minimum atomic E-state index is 0.345. The van der Waals surface area contributed by atoms with Gasteiger partial charge in [0.2, 0.25) is 5.91 Å². The van der Waals surface area contributed by atoms with Crippen molar-refractivity contribution >= 4 is 11.6 Å². The molecule has 1 aromatic carbocycles. The molecule has 0 aromatic heterocycles. The molecule has 0 aliphatic carbocycles. The van der Waals surface area contributed by atoms with Crippen LogP contribution in [0.1, 0.15) is 31.7 Å². The number of rotatable bonds is 4. The Hall–Kier alpha value is -1.55. The minimum absolute atomic E-state index is 0.345. The summed E-state index contributed by atoms with van der Waals surface area (Å²) in [7, 11) is 0. The first-order chi connectivity index (χ1) is 11.6. The van der Waals surface area contributed by atoms with E-state index in [9.17, 15) is 4.79 Å².